The highest BCUT2D eigenvalue weighted by molar-refractivity contribution is 8.14. The lowest BCUT2D eigenvalue weighted by atomic mass is 10.4. The normalized spacial score (nSPS) is 11.8. The van der Waals surface area contributed by atoms with E-state index in [1.165, 1.54) is 11.8 Å². The van der Waals surface area contributed by atoms with E-state index in [-0.39, 0.29) is 0 Å². The fourth-order valence-corrected chi connectivity index (χ4v) is 3.03. The first-order valence-corrected chi connectivity index (χ1v) is 7.10. The number of benzene rings is 1. The van der Waals surface area contributed by atoms with Gasteiger partial charge in [-0.2, -0.15) is 5.10 Å². The summed E-state index contributed by atoms with van der Waals surface area (Å²) >= 11 is 14.9. The monoisotopic (exact) mass is 295 g/mol. The molecule has 3 nitrogen and oxygen atoms in total. The Kier molecular flexibility index (Phi) is 6.20. The van der Waals surface area contributed by atoms with Crippen molar-refractivity contribution in [2.75, 3.05) is 11.5 Å². The molecule has 7 heteroatoms. The van der Waals surface area contributed by atoms with Crippen LogP contribution in [0.2, 0.25) is 10.0 Å². The molecule has 1 aromatic carbocycles. The highest BCUT2D eigenvalue weighted by Crippen LogP contribution is 2.30. The fraction of sp³-hybridized carbons (Fsp3) is 0.222. The molecule has 0 unspecified atom stereocenters. The van der Waals surface area contributed by atoms with Crippen LogP contribution in [-0.4, -0.2) is 16.7 Å². The molecule has 0 radical (unpaired) electrons. The number of rotatable bonds is 4. The summed E-state index contributed by atoms with van der Waals surface area (Å²) in [4.78, 5) is 0.970. The van der Waals surface area contributed by atoms with Crippen LogP contribution in [0.4, 0.5) is 0 Å². The van der Waals surface area contributed by atoms with Gasteiger partial charge in [-0.1, -0.05) is 35.0 Å². The summed E-state index contributed by atoms with van der Waals surface area (Å²) in [5.74, 6) is 6.69. The second-order valence-electron chi connectivity index (χ2n) is 2.74. The SMILES string of the molecule is NN=C(N)SCCSc1cc(Cl)ccc1Cl. The summed E-state index contributed by atoms with van der Waals surface area (Å²) < 4.78 is 0. The topological polar surface area (TPSA) is 64.4 Å². The van der Waals surface area contributed by atoms with E-state index in [0.29, 0.717) is 15.2 Å². The molecular weight excluding hydrogens is 285 g/mol. The minimum atomic E-state index is 0.387. The quantitative estimate of drug-likeness (QED) is 0.224. The number of hydrogen-bond acceptors (Lipinski definition) is 4. The Balaban J connectivity index is 2.40. The number of halogens is 2. The number of hydrogen-bond donors (Lipinski definition) is 2. The van der Waals surface area contributed by atoms with Gasteiger partial charge in [-0.15, -0.1) is 11.8 Å². The molecule has 0 aliphatic rings. The molecule has 0 fully saturated rings. The first-order valence-electron chi connectivity index (χ1n) is 4.37. The lowest BCUT2D eigenvalue weighted by Gasteiger charge is -2.04. The van der Waals surface area contributed by atoms with Crippen molar-refractivity contribution in [3.63, 3.8) is 0 Å². The van der Waals surface area contributed by atoms with Crippen molar-refractivity contribution < 1.29 is 0 Å². The van der Waals surface area contributed by atoms with Crippen LogP contribution in [0, 0.1) is 0 Å². The summed E-state index contributed by atoms with van der Waals surface area (Å²) in [5.41, 5.74) is 5.44. The van der Waals surface area contributed by atoms with Gasteiger partial charge in [0.1, 0.15) is 0 Å². The highest BCUT2D eigenvalue weighted by Gasteiger charge is 2.02. The molecule has 1 aromatic rings. The highest BCUT2D eigenvalue weighted by atomic mass is 35.5. The number of nitrogens with two attached hydrogens (primary N) is 2. The predicted molar refractivity (Wildman–Crippen MR) is 75.5 cm³/mol. The van der Waals surface area contributed by atoms with Gasteiger partial charge in [0.25, 0.3) is 0 Å². The van der Waals surface area contributed by atoms with Crippen molar-refractivity contribution >= 4 is 51.9 Å². The smallest absolute Gasteiger partial charge is 0.177 e. The molecule has 0 atom stereocenters. The number of nitrogens with zero attached hydrogens (tertiary/aromatic N) is 1. The molecule has 1 rings (SSSR count). The number of hydrazone groups is 1. The molecule has 0 aliphatic heterocycles. The average molecular weight is 296 g/mol. The maximum absolute atomic E-state index is 6.01. The van der Waals surface area contributed by atoms with Gasteiger partial charge in [-0.25, -0.2) is 0 Å². The van der Waals surface area contributed by atoms with Crippen LogP contribution in [0.25, 0.3) is 0 Å². The summed E-state index contributed by atoms with van der Waals surface area (Å²) in [5, 5.41) is 5.14. The minimum absolute atomic E-state index is 0.387. The predicted octanol–water partition coefficient (Wildman–Crippen LogP) is 3.01. The van der Waals surface area contributed by atoms with Crippen molar-refractivity contribution in [2.45, 2.75) is 4.90 Å². The van der Waals surface area contributed by atoms with E-state index in [4.69, 9.17) is 34.8 Å². The Hall–Kier alpha value is -0.230. The van der Waals surface area contributed by atoms with Crippen LogP contribution < -0.4 is 11.6 Å². The lowest BCUT2D eigenvalue weighted by molar-refractivity contribution is 1.25. The minimum Gasteiger partial charge on any atom is -0.377 e. The van der Waals surface area contributed by atoms with Crippen molar-refractivity contribution in [3.8, 4) is 0 Å². The van der Waals surface area contributed by atoms with Gasteiger partial charge in [0.15, 0.2) is 5.17 Å². The molecular formula is C9H11Cl2N3S2. The van der Waals surface area contributed by atoms with Gasteiger partial charge in [-0.3, -0.25) is 0 Å². The average Bonchev–Trinajstić information content (AvgIpc) is 2.28. The first kappa shape index (κ1) is 13.8. The molecule has 88 valence electrons. The summed E-state index contributed by atoms with van der Waals surface area (Å²) in [6.07, 6.45) is 0. The lowest BCUT2D eigenvalue weighted by Crippen LogP contribution is -2.10. The molecule has 4 N–H and O–H groups in total. The van der Waals surface area contributed by atoms with Crippen LogP contribution in [0.1, 0.15) is 0 Å². The second kappa shape index (κ2) is 7.17. The van der Waals surface area contributed by atoms with Crippen molar-refractivity contribution in [3.05, 3.63) is 28.2 Å². The molecule has 0 bridgehead atoms. The zero-order valence-electron chi connectivity index (χ0n) is 8.32. The molecule has 0 heterocycles. The molecule has 0 saturated heterocycles. The Morgan fingerprint density at radius 2 is 2.06 bits per heavy atom. The number of amidine groups is 1. The van der Waals surface area contributed by atoms with E-state index >= 15 is 0 Å². The summed E-state index contributed by atoms with van der Waals surface area (Å²) in [7, 11) is 0. The third-order valence-corrected chi connectivity index (χ3v) is 4.41. The summed E-state index contributed by atoms with van der Waals surface area (Å²) in [6, 6.07) is 5.40. The molecule has 0 spiro atoms. The zero-order chi connectivity index (χ0) is 12.0. The van der Waals surface area contributed by atoms with Crippen LogP contribution in [-0.2, 0) is 0 Å². The summed E-state index contributed by atoms with van der Waals surface area (Å²) in [6.45, 7) is 0. The van der Waals surface area contributed by atoms with Gasteiger partial charge >= 0.3 is 0 Å². The van der Waals surface area contributed by atoms with Crippen LogP contribution in [0.15, 0.2) is 28.2 Å². The van der Waals surface area contributed by atoms with Crippen molar-refractivity contribution in [1.82, 2.24) is 0 Å². The largest absolute Gasteiger partial charge is 0.377 e. The van der Waals surface area contributed by atoms with E-state index in [2.05, 4.69) is 5.10 Å². The molecule has 0 aliphatic carbocycles. The molecule has 0 saturated carbocycles. The fourth-order valence-electron chi connectivity index (χ4n) is 0.923. The molecule has 16 heavy (non-hydrogen) atoms. The Labute approximate surface area is 113 Å². The number of thioether (sulfide) groups is 2. The standard InChI is InChI=1S/C9H11Cl2N3S2/c10-6-1-2-7(11)8(5-6)15-3-4-16-9(12)14-13/h1-2,5H,3-4,13H2,(H2,12,14). The second-order valence-corrected chi connectivity index (χ2v) is 5.83. The van der Waals surface area contributed by atoms with E-state index in [0.717, 1.165) is 16.4 Å². The third kappa shape index (κ3) is 4.74. The van der Waals surface area contributed by atoms with Gasteiger partial charge in [0.2, 0.25) is 0 Å². The maximum Gasteiger partial charge on any atom is 0.177 e. The Morgan fingerprint density at radius 1 is 1.31 bits per heavy atom. The van der Waals surface area contributed by atoms with E-state index in [1.807, 2.05) is 6.07 Å². The van der Waals surface area contributed by atoms with E-state index in [1.54, 1.807) is 23.9 Å². The maximum atomic E-state index is 6.01. The van der Waals surface area contributed by atoms with Crippen molar-refractivity contribution in [1.29, 1.82) is 0 Å². The van der Waals surface area contributed by atoms with E-state index in [9.17, 15) is 0 Å². The van der Waals surface area contributed by atoms with Gasteiger partial charge in [0.05, 0.1) is 5.02 Å². The van der Waals surface area contributed by atoms with Crippen LogP contribution >= 0.6 is 46.7 Å². The van der Waals surface area contributed by atoms with Gasteiger partial charge in [0, 0.05) is 21.4 Å². The zero-order valence-corrected chi connectivity index (χ0v) is 11.5. The van der Waals surface area contributed by atoms with Crippen LogP contribution in [0.5, 0.6) is 0 Å². The third-order valence-electron chi connectivity index (χ3n) is 1.61. The van der Waals surface area contributed by atoms with Gasteiger partial charge in [-0.05, 0) is 18.2 Å². The Morgan fingerprint density at radius 3 is 2.75 bits per heavy atom. The Bertz CT molecular complexity index is 385. The molecule has 0 amide bonds. The van der Waals surface area contributed by atoms with Crippen molar-refractivity contribution in [2.24, 2.45) is 16.7 Å². The van der Waals surface area contributed by atoms with Gasteiger partial charge < -0.3 is 11.6 Å². The van der Waals surface area contributed by atoms with E-state index < -0.39 is 0 Å². The first-order chi connectivity index (χ1) is 7.63. The molecule has 0 aromatic heterocycles. The van der Waals surface area contributed by atoms with Crippen LogP contribution in [0.3, 0.4) is 0 Å².